The zero-order valence-corrected chi connectivity index (χ0v) is 11.7. The lowest BCUT2D eigenvalue weighted by molar-refractivity contribution is -0.124. The average Bonchev–Trinajstić information content (AvgIpc) is 2.45. The Balaban J connectivity index is 2.63. The summed E-state index contributed by atoms with van der Waals surface area (Å²) in [5.41, 5.74) is 1.02. The van der Waals surface area contributed by atoms with Gasteiger partial charge in [0, 0.05) is 19.7 Å². The predicted octanol–water partition coefficient (Wildman–Crippen LogP) is 2.52. The molecule has 1 aromatic rings. The van der Waals surface area contributed by atoms with Crippen LogP contribution in [0.3, 0.4) is 0 Å². The molecule has 0 aromatic heterocycles. The molecule has 4 nitrogen and oxygen atoms in total. The van der Waals surface area contributed by atoms with E-state index in [2.05, 4.69) is 0 Å². The zero-order valence-electron chi connectivity index (χ0n) is 11.7. The van der Waals surface area contributed by atoms with E-state index in [-0.39, 0.29) is 11.5 Å². The number of likely N-dealkylation sites (N-methyl/N-ethyl adjacent to an activating group) is 1. The molecule has 0 fully saturated rings. The van der Waals surface area contributed by atoms with Gasteiger partial charge < -0.3 is 10.0 Å². The molecule has 4 heteroatoms. The number of hydrogen-bond donors (Lipinski definition) is 1. The number of nitrogens with zero attached hydrogens (tertiary/aromatic N) is 1. The van der Waals surface area contributed by atoms with Gasteiger partial charge in [-0.2, -0.15) is 0 Å². The Kier molecular flexibility index (Phi) is 6.23. The maximum absolute atomic E-state index is 11.7. The second-order valence-corrected chi connectivity index (χ2v) is 4.36. The summed E-state index contributed by atoms with van der Waals surface area (Å²) in [5.74, 6) is -1.04. The smallest absolute Gasteiger partial charge is 0.335 e. The summed E-state index contributed by atoms with van der Waals surface area (Å²) in [6, 6.07) is 6.85. The standard InChI is InChI=1S/C16H19NO3/c1-3-4-5-10-15(18)17(2)12-11-13-8-6-7-9-14(13)16(19)20/h3-10H,11-12H2,1-2H3,(H,19,20). The first-order chi connectivity index (χ1) is 9.56. The van der Waals surface area contributed by atoms with Crippen molar-refractivity contribution in [3.8, 4) is 0 Å². The summed E-state index contributed by atoms with van der Waals surface area (Å²) >= 11 is 0. The largest absolute Gasteiger partial charge is 0.478 e. The van der Waals surface area contributed by atoms with E-state index in [0.717, 1.165) is 5.56 Å². The van der Waals surface area contributed by atoms with E-state index in [1.165, 1.54) is 6.08 Å². The van der Waals surface area contributed by atoms with Crippen molar-refractivity contribution in [1.29, 1.82) is 0 Å². The van der Waals surface area contributed by atoms with E-state index in [1.54, 1.807) is 48.4 Å². The molecule has 0 spiro atoms. The second-order valence-electron chi connectivity index (χ2n) is 4.36. The Morgan fingerprint density at radius 3 is 2.60 bits per heavy atom. The Labute approximate surface area is 119 Å². The SMILES string of the molecule is CC=CC=CC(=O)N(C)CCc1ccccc1C(=O)O. The Bertz CT molecular complexity index is 532. The molecule has 1 amide bonds. The maximum Gasteiger partial charge on any atom is 0.335 e. The lowest BCUT2D eigenvalue weighted by Gasteiger charge is -2.15. The van der Waals surface area contributed by atoms with Gasteiger partial charge in [0.05, 0.1) is 5.56 Å². The number of carbonyl (C=O) groups excluding carboxylic acids is 1. The highest BCUT2D eigenvalue weighted by Crippen LogP contribution is 2.10. The average molecular weight is 273 g/mol. The molecule has 1 rings (SSSR count). The quantitative estimate of drug-likeness (QED) is 0.640. The van der Waals surface area contributed by atoms with E-state index in [4.69, 9.17) is 5.11 Å². The molecule has 0 radical (unpaired) electrons. The van der Waals surface area contributed by atoms with E-state index in [0.29, 0.717) is 13.0 Å². The first-order valence-corrected chi connectivity index (χ1v) is 6.42. The van der Waals surface area contributed by atoms with Gasteiger partial charge in [-0.25, -0.2) is 4.79 Å². The normalized spacial score (nSPS) is 11.1. The number of hydrogen-bond acceptors (Lipinski definition) is 2. The minimum atomic E-state index is -0.942. The van der Waals surface area contributed by atoms with Crippen LogP contribution in [0.2, 0.25) is 0 Å². The van der Waals surface area contributed by atoms with Gasteiger partial charge >= 0.3 is 5.97 Å². The fourth-order valence-corrected chi connectivity index (χ4v) is 1.72. The van der Waals surface area contributed by atoms with Gasteiger partial charge in [-0.05, 0) is 25.0 Å². The molecule has 0 saturated heterocycles. The van der Waals surface area contributed by atoms with Gasteiger partial charge in [0.1, 0.15) is 0 Å². The molecule has 1 aromatic carbocycles. The topological polar surface area (TPSA) is 57.6 Å². The third kappa shape index (κ3) is 4.72. The lowest BCUT2D eigenvalue weighted by atomic mass is 10.0. The summed E-state index contributed by atoms with van der Waals surface area (Å²) < 4.78 is 0. The van der Waals surface area contributed by atoms with Crippen molar-refractivity contribution in [2.75, 3.05) is 13.6 Å². The van der Waals surface area contributed by atoms with Crippen molar-refractivity contribution in [3.05, 3.63) is 59.7 Å². The van der Waals surface area contributed by atoms with Gasteiger partial charge in [-0.1, -0.05) is 36.4 Å². The fraction of sp³-hybridized carbons (Fsp3) is 0.250. The molecule has 0 aliphatic rings. The summed E-state index contributed by atoms with van der Waals surface area (Å²) in [7, 11) is 1.70. The molecule has 0 aliphatic carbocycles. The van der Waals surface area contributed by atoms with Crippen LogP contribution in [0.25, 0.3) is 0 Å². The van der Waals surface area contributed by atoms with Crippen LogP contribution in [0.1, 0.15) is 22.8 Å². The highest BCUT2D eigenvalue weighted by atomic mass is 16.4. The summed E-state index contributed by atoms with van der Waals surface area (Å²) in [4.78, 5) is 24.4. The minimum absolute atomic E-state index is 0.101. The number of aromatic carboxylic acids is 1. The second kappa shape index (κ2) is 7.94. The summed E-state index contributed by atoms with van der Waals surface area (Å²) in [5, 5.41) is 9.08. The Morgan fingerprint density at radius 2 is 1.95 bits per heavy atom. The summed E-state index contributed by atoms with van der Waals surface area (Å²) in [6.07, 6.45) is 7.31. The van der Waals surface area contributed by atoms with E-state index in [1.807, 2.05) is 13.0 Å². The third-order valence-corrected chi connectivity index (χ3v) is 2.88. The van der Waals surface area contributed by atoms with Crippen LogP contribution in [-0.4, -0.2) is 35.5 Å². The highest BCUT2D eigenvalue weighted by Gasteiger charge is 2.10. The number of amides is 1. The molecule has 0 aliphatic heterocycles. The maximum atomic E-state index is 11.7. The van der Waals surface area contributed by atoms with Crippen molar-refractivity contribution < 1.29 is 14.7 Å². The number of carboxylic acid groups (broad SMARTS) is 1. The molecule has 0 unspecified atom stereocenters. The van der Waals surface area contributed by atoms with Crippen molar-refractivity contribution in [1.82, 2.24) is 4.90 Å². The fourth-order valence-electron chi connectivity index (χ4n) is 1.72. The lowest BCUT2D eigenvalue weighted by Crippen LogP contribution is -2.27. The van der Waals surface area contributed by atoms with Gasteiger partial charge in [-0.15, -0.1) is 0 Å². The molecule has 1 N–H and O–H groups in total. The van der Waals surface area contributed by atoms with Gasteiger partial charge in [0.25, 0.3) is 0 Å². The number of benzene rings is 1. The van der Waals surface area contributed by atoms with Crippen molar-refractivity contribution in [2.45, 2.75) is 13.3 Å². The van der Waals surface area contributed by atoms with Crippen LogP contribution >= 0.6 is 0 Å². The Hall–Kier alpha value is -2.36. The number of carboxylic acids is 1. The van der Waals surface area contributed by atoms with Crippen LogP contribution in [0.4, 0.5) is 0 Å². The monoisotopic (exact) mass is 273 g/mol. The van der Waals surface area contributed by atoms with Crippen LogP contribution in [-0.2, 0) is 11.2 Å². The number of allylic oxidation sites excluding steroid dienone is 3. The Morgan fingerprint density at radius 1 is 1.25 bits per heavy atom. The molecule has 0 saturated carbocycles. The van der Waals surface area contributed by atoms with Crippen LogP contribution < -0.4 is 0 Å². The van der Waals surface area contributed by atoms with Gasteiger partial charge in [0.2, 0.25) is 5.91 Å². The van der Waals surface area contributed by atoms with Crippen LogP contribution in [0, 0.1) is 0 Å². The first-order valence-electron chi connectivity index (χ1n) is 6.42. The van der Waals surface area contributed by atoms with Crippen LogP contribution in [0.15, 0.2) is 48.6 Å². The predicted molar refractivity (Wildman–Crippen MR) is 78.7 cm³/mol. The number of rotatable bonds is 6. The van der Waals surface area contributed by atoms with Crippen LogP contribution in [0.5, 0.6) is 0 Å². The molecule has 0 atom stereocenters. The highest BCUT2D eigenvalue weighted by molar-refractivity contribution is 5.89. The molecule has 106 valence electrons. The van der Waals surface area contributed by atoms with Gasteiger partial charge in [0.15, 0.2) is 0 Å². The molecule has 0 bridgehead atoms. The third-order valence-electron chi connectivity index (χ3n) is 2.88. The molecule has 20 heavy (non-hydrogen) atoms. The van der Waals surface area contributed by atoms with Crippen molar-refractivity contribution in [3.63, 3.8) is 0 Å². The molecular weight excluding hydrogens is 254 g/mol. The first kappa shape index (κ1) is 15.7. The van der Waals surface area contributed by atoms with Crippen molar-refractivity contribution >= 4 is 11.9 Å². The minimum Gasteiger partial charge on any atom is -0.478 e. The molecule has 0 heterocycles. The van der Waals surface area contributed by atoms with E-state index in [9.17, 15) is 9.59 Å². The zero-order chi connectivity index (χ0) is 15.0. The number of carbonyl (C=O) groups is 2. The van der Waals surface area contributed by atoms with E-state index >= 15 is 0 Å². The van der Waals surface area contributed by atoms with Crippen molar-refractivity contribution in [2.24, 2.45) is 0 Å². The van der Waals surface area contributed by atoms with Gasteiger partial charge in [-0.3, -0.25) is 4.79 Å². The molecular formula is C16H19NO3. The van der Waals surface area contributed by atoms with E-state index < -0.39 is 5.97 Å². The summed E-state index contributed by atoms with van der Waals surface area (Å²) in [6.45, 7) is 2.35.